The lowest BCUT2D eigenvalue weighted by molar-refractivity contribution is -0.129. The van der Waals surface area contributed by atoms with Crippen molar-refractivity contribution in [2.45, 2.75) is 38.8 Å². The van der Waals surface area contributed by atoms with Gasteiger partial charge in [-0.25, -0.2) is 0 Å². The summed E-state index contributed by atoms with van der Waals surface area (Å²) in [4.78, 5) is 29.7. The lowest BCUT2D eigenvalue weighted by Crippen LogP contribution is -2.40. The highest BCUT2D eigenvalue weighted by Gasteiger charge is 2.35. The predicted molar refractivity (Wildman–Crippen MR) is 124 cm³/mol. The van der Waals surface area contributed by atoms with Crippen molar-refractivity contribution >= 4 is 11.8 Å². The van der Waals surface area contributed by atoms with Crippen LogP contribution in [0.4, 0.5) is 0 Å². The number of ether oxygens (including phenoxy) is 1. The van der Waals surface area contributed by atoms with E-state index in [-0.39, 0.29) is 30.2 Å². The molecule has 2 saturated heterocycles. The molecule has 2 aliphatic rings. The van der Waals surface area contributed by atoms with Crippen molar-refractivity contribution in [3.8, 4) is 5.75 Å². The van der Waals surface area contributed by atoms with Gasteiger partial charge in [-0.1, -0.05) is 48.0 Å². The Balaban J connectivity index is 1.38. The number of hydrogen-bond donors (Lipinski definition) is 1. The molecule has 32 heavy (non-hydrogen) atoms. The molecule has 0 saturated carbocycles. The molecule has 2 aromatic rings. The molecular formula is C26H33N3O3. The first-order valence-electron chi connectivity index (χ1n) is 11.5. The molecule has 2 atom stereocenters. The van der Waals surface area contributed by atoms with Crippen LogP contribution in [0.3, 0.4) is 0 Å². The summed E-state index contributed by atoms with van der Waals surface area (Å²) >= 11 is 0. The number of hydrogen-bond acceptors (Lipinski definition) is 4. The monoisotopic (exact) mass is 435 g/mol. The molecular weight excluding hydrogens is 402 g/mol. The molecule has 2 aliphatic heterocycles. The predicted octanol–water partition coefficient (Wildman–Crippen LogP) is 3.31. The average molecular weight is 436 g/mol. The van der Waals surface area contributed by atoms with Crippen molar-refractivity contribution in [1.82, 2.24) is 15.1 Å². The molecule has 0 unspecified atom stereocenters. The molecule has 0 aliphatic carbocycles. The smallest absolute Gasteiger partial charge is 0.225 e. The van der Waals surface area contributed by atoms with Crippen molar-refractivity contribution < 1.29 is 14.3 Å². The fourth-order valence-electron chi connectivity index (χ4n) is 4.79. The second kappa shape index (κ2) is 10.2. The highest BCUT2D eigenvalue weighted by molar-refractivity contribution is 5.89. The molecule has 1 N–H and O–H groups in total. The minimum absolute atomic E-state index is 0.0381. The highest BCUT2D eigenvalue weighted by Crippen LogP contribution is 2.31. The van der Waals surface area contributed by atoms with Crippen LogP contribution >= 0.6 is 0 Å². The van der Waals surface area contributed by atoms with E-state index >= 15 is 0 Å². The molecule has 170 valence electrons. The third kappa shape index (κ3) is 5.13. The Morgan fingerprint density at radius 1 is 1.12 bits per heavy atom. The van der Waals surface area contributed by atoms with E-state index in [4.69, 9.17) is 4.74 Å². The highest BCUT2D eigenvalue weighted by atomic mass is 16.5. The summed E-state index contributed by atoms with van der Waals surface area (Å²) in [7, 11) is 1.69. The second-order valence-corrected chi connectivity index (χ2v) is 8.91. The van der Waals surface area contributed by atoms with Gasteiger partial charge in [-0.3, -0.25) is 14.5 Å². The van der Waals surface area contributed by atoms with E-state index in [9.17, 15) is 9.59 Å². The SMILES string of the molecule is COc1ccccc1[C@@H](CNC(=O)[C@@H]1CC(=O)N(Cc2ccc(C)cc2)C1)N1CCCC1. The fourth-order valence-corrected chi connectivity index (χ4v) is 4.79. The average Bonchev–Trinajstić information content (AvgIpc) is 3.46. The van der Waals surface area contributed by atoms with Crippen LogP contribution in [0, 0.1) is 12.8 Å². The summed E-state index contributed by atoms with van der Waals surface area (Å²) in [5.74, 6) is 0.555. The summed E-state index contributed by atoms with van der Waals surface area (Å²) in [6, 6.07) is 16.3. The number of para-hydroxylation sites is 1. The van der Waals surface area contributed by atoms with Gasteiger partial charge in [-0.05, 0) is 44.5 Å². The van der Waals surface area contributed by atoms with Crippen molar-refractivity contribution in [3.63, 3.8) is 0 Å². The summed E-state index contributed by atoms with van der Waals surface area (Å²) in [5.41, 5.74) is 3.39. The lowest BCUT2D eigenvalue weighted by Gasteiger charge is -2.29. The number of rotatable bonds is 8. The molecule has 0 spiro atoms. The number of benzene rings is 2. The van der Waals surface area contributed by atoms with Gasteiger partial charge in [0.25, 0.3) is 0 Å². The van der Waals surface area contributed by atoms with Gasteiger partial charge >= 0.3 is 0 Å². The van der Waals surface area contributed by atoms with Crippen LogP contribution in [0.2, 0.25) is 0 Å². The number of nitrogens with zero attached hydrogens (tertiary/aromatic N) is 2. The van der Waals surface area contributed by atoms with Crippen LogP contribution in [0.5, 0.6) is 5.75 Å². The van der Waals surface area contributed by atoms with Crippen LogP contribution < -0.4 is 10.1 Å². The molecule has 2 fully saturated rings. The van der Waals surface area contributed by atoms with Crippen LogP contribution in [0.25, 0.3) is 0 Å². The Morgan fingerprint density at radius 3 is 2.56 bits per heavy atom. The second-order valence-electron chi connectivity index (χ2n) is 8.91. The maximum atomic E-state index is 13.0. The third-order valence-electron chi connectivity index (χ3n) is 6.63. The van der Waals surface area contributed by atoms with E-state index in [2.05, 4.69) is 28.4 Å². The number of likely N-dealkylation sites (tertiary alicyclic amines) is 2. The third-order valence-corrected chi connectivity index (χ3v) is 6.63. The number of carbonyl (C=O) groups is 2. The first-order valence-corrected chi connectivity index (χ1v) is 11.5. The quantitative estimate of drug-likeness (QED) is 0.691. The Kier molecular flexibility index (Phi) is 7.10. The Morgan fingerprint density at radius 2 is 1.84 bits per heavy atom. The van der Waals surface area contributed by atoms with Crippen molar-refractivity contribution in [2.24, 2.45) is 5.92 Å². The standard InChI is InChI=1S/C26H33N3O3/c1-19-9-11-20(12-10-19)17-29-18-21(15-25(29)30)26(31)27-16-23(28-13-5-6-14-28)22-7-3-4-8-24(22)32-2/h3-4,7-12,21,23H,5-6,13-18H2,1-2H3,(H,27,31)/t21-,23-/m1/s1. The van der Waals surface area contributed by atoms with E-state index < -0.39 is 0 Å². The van der Waals surface area contributed by atoms with E-state index in [1.807, 2.05) is 37.3 Å². The molecule has 6 nitrogen and oxygen atoms in total. The first kappa shape index (κ1) is 22.3. The number of aryl methyl sites for hydroxylation is 1. The molecule has 0 bridgehead atoms. The summed E-state index contributed by atoms with van der Waals surface area (Å²) in [6.07, 6.45) is 2.62. The van der Waals surface area contributed by atoms with Crippen LogP contribution in [-0.2, 0) is 16.1 Å². The molecule has 0 aromatic heterocycles. The molecule has 0 radical (unpaired) electrons. The molecule has 2 heterocycles. The lowest BCUT2D eigenvalue weighted by atomic mass is 10.0. The first-order chi connectivity index (χ1) is 15.5. The zero-order valence-corrected chi connectivity index (χ0v) is 19.0. The molecule has 2 aromatic carbocycles. The Bertz CT molecular complexity index is 938. The van der Waals surface area contributed by atoms with Gasteiger partial charge in [-0.2, -0.15) is 0 Å². The van der Waals surface area contributed by atoms with Crippen molar-refractivity contribution in [2.75, 3.05) is 33.3 Å². The Labute approximate surface area is 190 Å². The van der Waals surface area contributed by atoms with Gasteiger partial charge in [-0.15, -0.1) is 0 Å². The van der Waals surface area contributed by atoms with Crippen LogP contribution in [-0.4, -0.2) is 54.9 Å². The van der Waals surface area contributed by atoms with E-state index in [1.54, 1.807) is 12.0 Å². The van der Waals surface area contributed by atoms with Gasteiger partial charge in [0, 0.05) is 31.6 Å². The topological polar surface area (TPSA) is 61.9 Å². The van der Waals surface area contributed by atoms with E-state index in [0.717, 1.165) is 30.0 Å². The van der Waals surface area contributed by atoms with E-state index in [1.165, 1.54) is 18.4 Å². The Hall–Kier alpha value is -2.86. The number of nitrogens with one attached hydrogen (secondary N) is 1. The van der Waals surface area contributed by atoms with Crippen LogP contribution in [0.1, 0.15) is 42.0 Å². The minimum Gasteiger partial charge on any atom is -0.496 e. The zero-order chi connectivity index (χ0) is 22.5. The van der Waals surface area contributed by atoms with Gasteiger partial charge < -0.3 is 15.0 Å². The molecule has 2 amide bonds. The van der Waals surface area contributed by atoms with Gasteiger partial charge in [0.05, 0.1) is 19.1 Å². The minimum atomic E-state index is -0.301. The largest absolute Gasteiger partial charge is 0.496 e. The normalized spacial score (nSPS) is 19.9. The van der Waals surface area contributed by atoms with Crippen molar-refractivity contribution in [1.29, 1.82) is 0 Å². The maximum Gasteiger partial charge on any atom is 0.225 e. The number of amides is 2. The molecule has 4 rings (SSSR count). The number of methoxy groups -OCH3 is 1. The number of carbonyl (C=O) groups excluding carboxylic acids is 2. The zero-order valence-electron chi connectivity index (χ0n) is 19.0. The fraction of sp³-hybridized carbons (Fsp3) is 0.462. The maximum absolute atomic E-state index is 13.0. The van der Waals surface area contributed by atoms with E-state index in [0.29, 0.717) is 19.6 Å². The summed E-state index contributed by atoms with van der Waals surface area (Å²) in [6.45, 7) is 5.63. The summed E-state index contributed by atoms with van der Waals surface area (Å²) in [5, 5.41) is 3.15. The van der Waals surface area contributed by atoms with Gasteiger partial charge in [0.15, 0.2) is 0 Å². The molecule has 6 heteroatoms. The van der Waals surface area contributed by atoms with Crippen LogP contribution in [0.15, 0.2) is 48.5 Å². The van der Waals surface area contributed by atoms with Gasteiger partial charge in [0.2, 0.25) is 11.8 Å². The van der Waals surface area contributed by atoms with Crippen molar-refractivity contribution in [3.05, 3.63) is 65.2 Å². The van der Waals surface area contributed by atoms with Gasteiger partial charge in [0.1, 0.15) is 5.75 Å². The summed E-state index contributed by atoms with van der Waals surface area (Å²) < 4.78 is 5.59.